The second-order valence-electron chi connectivity index (χ2n) is 7.37. The summed E-state index contributed by atoms with van der Waals surface area (Å²) in [7, 11) is 0. The van der Waals surface area contributed by atoms with Gasteiger partial charge in [-0.1, -0.05) is 17.7 Å². The van der Waals surface area contributed by atoms with E-state index < -0.39 is 0 Å². The van der Waals surface area contributed by atoms with E-state index in [2.05, 4.69) is 10.4 Å². The Hall–Kier alpha value is -1.96. The first-order valence-corrected chi connectivity index (χ1v) is 9.98. The first-order valence-electron chi connectivity index (χ1n) is 9.60. The molecule has 1 fully saturated rings. The number of carbonyl (C=O) groups is 1. The number of amides is 1. The lowest BCUT2D eigenvalue weighted by Gasteiger charge is -2.30. The molecule has 8 heteroatoms. The predicted molar refractivity (Wildman–Crippen MR) is 104 cm³/mol. The normalized spacial score (nSPS) is 19.5. The summed E-state index contributed by atoms with van der Waals surface area (Å²) in [5.41, 5.74) is 3.61. The van der Waals surface area contributed by atoms with E-state index >= 15 is 0 Å². The fraction of sp³-hybridized carbons (Fsp3) is 0.500. The maximum Gasteiger partial charge on any atom is 0.225 e. The van der Waals surface area contributed by atoms with Gasteiger partial charge in [0.25, 0.3) is 0 Å². The van der Waals surface area contributed by atoms with Crippen LogP contribution in [0.2, 0.25) is 5.02 Å². The fourth-order valence-electron chi connectivity index (χ4n) is 3.90. The van der Waals surface area contributed by atoms with Crippen molar-refractivity contribution in [1.29, 1.82) is 0 Å². The molecule has 0 saturated carbocycles. The molecule has 1 saturated heterocycles. The molecule has 1 aromatic heterocycles. The Labute approximate surface area is 168 Å². The van der Waals surface area contributed by atoms with Crippen LogP contribution in [0.15, 0.2) is 18.2 Å². The number of ether oxygens (including phenoxy) is 1. The zero-order valence-corrected chi connectivity index (χ0v) is 16.6. The van der Waals surface area contributed by atoms with Crippen LogP contribution < -0.4 is 5.32 Å². The fourth-order valence-corrected chi connectivity index (χ4v) is 4.06. The van der Waals surface area contributed by atoms with Crippen molar-refractivity contribution in [3.63, 3.8) is 0 Å². The molecule has 1 atom stereocenters. The molecule has 4 rings (SSSR count). The summed E-state index contributed by atoms with van der Waals surface area (Å²) in [6.07, 6.45) is 1.07. The van der Waals surface area contributed by atoms with Gasteiger partial charge >= 0.3 is 0 Å². The summed E-state index contributed by atoms with van der Waals surface area (Å²) in [4.78, 5) is 14.6. The smallest absolute Gasteiger partial charge is 0.225 e. The summed E-state index contributed by atoms with van der Waals surface area (Å²) >= 11 is 5.85. The lowest BCUT2D eigenvalue weighted by Crippen LogP contribution is -2.43. The standard InChI is InChI=1S/C20H24ClFN4O2/c1-13-17-4-6-25(20(27)9-16-10-23-5-7-28-16)12-19(17)26(24-13)11-14-2-3-15(21)8-18(14)22/h2-3,8,16,23H,4-7,9-12H2,1H3. The van der Waals surface area contributed by atoms with Gasteiger partial charge in [-0.25, -0.2) is 4.39 Å². The van der Waals surface area contributed by atoms with E-state index in [4.69, 9.17) is 16.3 Å². The maximum absolute atomic E-state index is 14.2. The quantitative estimate of drug-likeness (QED) is 0.846. The Kier molecular flexibility index (Phi) is 5.66. The lowest BCUT2D eigenvalue weighted by atomic mass is 10.0. The Balaban J connectivity index is 1.50. The van der Waals surface area contributed by atoms with Gasteiger partial charge in [0, 0.05) is 30.2 Å². The third-order valence-electron chi connectivity index (χ3n) is 5.43. The van der Waals surface area contributed by atoms with Gasteiger partial charge in [-0.3, -0.25) is 9.48 Å². The molecule has 6 nitrogen and oxygen atoms in total. The largest absolute Gasteiger partial charge is 0.375 e. The second kappa shape index (κ2) is 8.19. The zero-order chi connectivity index (χ0) is 19.7. The van der Waals surface area contributed by atoms with Crippen LogP contribution in [0.5, 0.6) is 0 Å². The molecule has 0 spiro atoms. The van der Waals surface area contributed by atoms with E-state index in [1.54, 1.807) is 12.1 Å². The number of fused-ring (bicyclic) bond motifs is 1. The molecule has 150 valence electrons. The molecule has 1 aromatic carbocycles. The Morgan fingerprint density at radius 2 is 2.32 bits per heavy atom. The highest BCUT2D eigenvalue weighted by atomic mass is 35.5. The van der Waals surface area contributed by atoms with Gasteiger partial charge < -0.3 is 15.0 Å². The number of hydrogen-bond donors (Lipinski definition) is 1. The number of benzene rings is 1. The van der Waals surface area contributed by atoms with Crippen LogP contribution >= 0.6 is 11.6 Å². The van der Waals surface area contributed by atoms with Crippen LogP contribution in [0.3, 0.4) is 0 Å². The van der Waals surface area contributed by atoms with Crippen LogP contribution in [0.1, 0.15) is 28.9 Å². The average Bonchev–Trinajstić information content (AvgIpc) is 3.00. The third-order valence-corrected chi connectivity index (χ3v) is 5.67. The molecule has 1 amide bonds. The zero-order valence-electron chi connectivity index (χ0n) is 15.9. The van der Waals surface area contributed by atoms with Crippen LogP contribution in [-0.4, -0.2) is 52.9 Å². The number of aryl methyl sites for hydroxylation is 1. The van der Waals surface area contributed by atoms with Crippen molar-refractivity contribution in [1.82, 2.24) is 20.0 Å². The third kappa shape index (κ3) is 4.06. The molecule has 2 aromatic rings. The number of morpholine rings is 1. The SMILES string of the molecule is Cc1nn(Cc2ccc(Cl)cc2F)c2c1CCN(C(=O)CC1CNCCO1)C2. The number of halogens is 2. The highest BCUT2D eigenvalue weighted by Crippen LogP contribution is 2.25. The lowest BCUT2D eigenvalue weighted by molar-refractivity contribution is -0.135. The molecule has 0 bridgehead atoms. The van der Waals surface area contributed by atoms with Crippen molar-refractivity contribution in [3.8, 4) is 0 Å². The summed E-state index contributed by atoms with van der Waals surface area (Å²) in [5.74, 6) is -0.262. The van der Waals surface area contributed by atoms with Crippen LogP contribution in [0, 0.1) is 12.7 Å². The van der Waals surface area contributed by atoms with E-state index in [1.807, 2.05) is 16.5 Å². The van der Waals surface area contributed by atoms with Gasteiger partial charge in [0.15, 0.2) is 0 Å². The van der Waals surface area contributed by atoms with Gasteiger partial charge in [0.05, 0.1) is 43.6 Å². The predicted octanol–water partition coefficient (Wildman–Crippen LogP) is 2.30. The van der Waals surface area contributed by atoms with Crippen LogP contribution in [0.25, 0.3) is 0 Å². The van der Waals surface area contributed by atoms with Crippen molar-refractivity contribution in [2.45, 2.75) is 39.0 Å². The number of hydrogen-bond acceptors (Lipinski definition) is 4. The van der Waals surface area contributed by atoms with Crippen molar-refractivity contribution >= 4 is 17.5 Å². The molecule has 28 heavy (non-hydrogen) atoms. The van der Waals surface area contributed by atoms with Crippen molar-refractivity contribution < 1.29 is 13.9 Å². The molecular formula is C20H24ClFN4O2. The Morgan fingerprint density at radius 3 is 3.07 bits per heavy atom. The first-order chi connectivity index (χ1) is 13.5. The average molecular weight is 407 g/mol. The monoisotopic (exact) mass is 406 g/mol. The highest BCUT2D eigenvalue weighted by Gasteiger charge is 2.28. The molecule has 0 radical (unpaired) electrons. The molecule has 1 unspecified atom stereocenters. The molecule has 2 aliphatic rings. The minimum atomic E-state index is -0.347. The van der Waals surface area contributed by atoms with E-state index in [0.717, 1.165) is 29.9 Å². The number of nitrogens with zero attached hydrogens (tertiary/aromatic N) is 3. The summed E-state index contributed by atoms with van der Waals surface area (Å²) < 4.78 is 21.7. The number of nitrogens with one attached hydrogen (secondary N) is 1. The van der Waals surface area contributed by atoms with Gasteiger partial charge in [-0.05, 0) is 31.0 Å². The summed E-state index contributed by atoms with van der Waals surface area (Å²) in [5, 5.41) is 8.23. The van der Waals surface area contributed by atoms with E-state index in [9.17, 15) is 9.18 Å². The van der Waals surface area contributed by atoms with E-state index in [0.29, 0.717) is 49.8 Å². The van der Waals surface area contributed by atoms with Gasteiger partial charge in [-0.2, -0.15) is 5.10 Å². The molecule has 2 aliphatic heterocycles. The van der Waals surface area contributed by atoms with E-state index in [1.165, 1.54) is 6.07 Å². The molecule has 0 aliphatic carbocycles. The minimum Gasteiger partial charge on any atom is -0.375 e. The van der Waals surface area contributed by atoms with Crippen LogP contribution in [-0.2, 0) is 29.0 Å². The summed E-state index contributed by atoms with van der Waals surface area (Å²) in [6.45, 7) is 5.62. The topological polar surface area (TPSA) is 59.4 Å². The second-order valence-corrected chi connectivity index (χ2v) is 7.81. The Morgan fingerprint density at radius 1 is 1.46 bits per heavy atom. The molecule has 1 N–H and O–H groups in total. The van der Waals surface area contributed by atoms with Crippen molar-refractivity contribution in [2.75, 3.05) is 26.2 Å². The van der Waals surface area contributed by atoms with Crippen molar-refractivity contribution in [3.05, 3.63) is 51.6 Å². The van der Waals surface area contributed by atoms with Gasteiger partial charge in [0.1, 0.15) is 5.82 Å². The highest BCUT2D eigenvalue weighted by molar-refractivity contribution is 6.30. The number of rotatable bonds is 4. The maximum atomic E-state index is 14.2. The van der Waals surface area contributed by atoms with E-state index in [-0.39, 0.29) is 17.8 Å². The molecule has 3 heterocycles. The number of aromatic nitrogens is 2. The van der Waals surface area contributed by atoms with Crippen LogP contribution in [0.4, 0.5) is 4.39 Å². The Bertz CT molecular complexity index is 879. The minimum absolute atomic E-state index is 0.0718. The summed E-state index contributed by atoms with van der Waals surface area (Å²) in [6, 6.07) is 4.67. The first kappa shape index (κ1) is 19.4. The van der Waals surface area contributed by atoms with Crippen molar-refractivity contribution in [2.24, 2.45) is 0 Å². The number of carbonyl (C=O) groups excluding carboxylic acids is 1. The van der Waals surface area contributed by atoms with Gasteiger partial charge in [0.2, 0.25) is 5.91 Å². The molecular weight excluding hydrogens is 383 g/mol. The van der Waals surface area contributed by atoms with Gasteiger partial charge in [-0.15, -0.1) is 0 Å².